The number of carbonyl (C=O) groups excluding carboxylic acids is 1. The maximum absolute atomic E-state index is 11.2. The Kier molecular flexibility index (Phi) is 5.26. The molecule has 152 valence electrons. The van der Waals surface area contributed by atoms with Crippen molar-refractivity contribution >= 4 is 23.1 Å². The molecule has 0 radical (unpaired) electrons. The summed E-state index contributed by atoms with van der Waals surface area (Å²) < 4.78 is 17.2. The minimum atomic E-state index is -1.23. The van der Waals surface area contributed by atoms with Crippen molar-refractivity contribution in [1.29, 1.82) is 0 Å². The van der Waals surface area contributed by atoms with Crippen molar-refractivity contribution in [2.75, 3.05) is 32.2 Å². The van der Waals surface area contributed by atoms with E-state index in [4.69, 9.17) is 9.47 Å². The molecule has 2 fully saturated rings. The molecular formula is C16H22N6O6. The minimum absolute atomic E-state index is 0.0164. The van der Waals surface area contributed by atoms with E-state index in [9.17, 15) is 15.0 Å². The number of nitrogens with one attached hydrogen (secondary N) is 2. The third-order valence-corrected chi connectivity index (χ3v) is 4.87. The van der Waals surface area contributed by atoms with E-state index in [1.807, 2.05) is 0 Å². The van der Waals surface area contributed by atoms with Gasteiger partial charge in [0.2, 0.25) is 0 Å². The van der Waals surface area contributed by atoms with Crippen LogP contribution >= 0.6 is 0 Å². The molecule has 1 amide bonds. The number of hydrogen-bond donors (Lipinski definition) is 4. The summed E-state index contributed by atoms with van der Waals surface area (Å²) in [5.74, 6) is 0.566. The number of rotatable bonds is 5. The zero-order valence-electron chi connectivity index (χ0n) is 15.2. The normalized spacial score (nSPS) is 29.9. The van der Waals surface area contributed by atoms with Gasteiger partial charge in [0.05, 0.1) is 26.1 Å². The van der Waals surface area contributed by atoms with E-state index >= 15 is 0 Å². The fraction of sp³-hybridized carbons (Fsp3) is 0.625. The summed E-state index contributed by atoms with van der Waals surface area (Å²) in [6, 6.07) is 0.146. The molecule has 12 heteroatoms. The van der Waals surface area contributed by atoms with Crippen molar-refractivity contribution in [3.05, 3.63) is 12.7 Å². The molecule has 2 aliphatic heterocycles. The van der Waals surface area contributed by atoms with Gasteiger partial charge < -0.3 is 35.1 Å². The lowest BCUT2D eigenvalue weighted by atomic mass is 10.1. The standard InChI is InChI=1S/C16H22N6O6/c1-26-16(25)17-4-9-11(23)12(24)15(28-9)22-7-20-10-13(18-6-19-14(10)22)21-8-2-3-27-5-8/h6-9,11-12,15,23-24H,2-5H2,1H3,(H,17,25)(H,18,19,21)/t8-,9?,11?,12?,15?/m1/s1. The molecule has 2 aromatic rings. The quantitative estimate of drug-likeness (QED) is 0.497. The van der Waals surface area contributed by atoms with Gasteiger partial charge in [0.25, 0.3) is 0 Å². The number of anilines is 1. The van der Waals surface area contributed by atoms with E-state index < -0.39 is 30.6 Å². The van der Waals surface area contributed by atoms with Crippen LogP contribution in [0.25, 0.3) is 11.2 Å². The number of methoxy groups -OCH3 is 1. The van der Waals surface area contributed by atoms with Crippen molar-refractivity contribution in [3.8, 4) is 0 Å². The number of hydrogen-bond acceptors (Lipinski definition) is 10. The average Bonchev–Trinajstić information content (AvgIpc) is 3.42. The molecule has 12 nitrogen and oxygen atoms in total. The average molecular weight is 394 g/mol. The van der Waals surface area contributed by atoms with Crippen molar-refractivity contribution < 1.29 is 29.2 Å². The van der Waals surface area contributed by atoms with Crippen LogP contribution in [0.1, 0.15) is 12.6 Å². The van der Waals surface area contributed by atoms with Gasteiger partial charge in [-0.05, 0) is 6.42 Å². The minimum Gasteiger partial charge on any atom is -0.453 e. The molecule has 4 N–H and O–H groups in total. The molecule has 0 saturated carbocycles. The zero-order valence-corrected chi connectivity index (χ0v) is 15.2. The zero-order chi connectivity index (χ0) is 19.7. The highest BCUT2D eigenvalue weighted by atomic mass is 16.6. The van der Waals surface area contributed by atoms with E-state index in [0.717, 1.165) is 6.42 Å². The van der Waals surface area contributed by atoms with Gasteiger partial charge in [-0.15, -0.1) is 0 Å². The predicted octanol–water partition coefficient (Wildman–Crippen LogP) is -0.998. The van der Waals surface area contributed by atoms with Crippen molar-refractivity contribution in [2.45, 2.75) is 37.0 Å². The van der Waals surface area contributed by atoms with E-state index in [1.54, 1.807) is 4.57 Å². The number of ether oxygens (including phenoxy) is 3. The van der Waals surface area contributed by atoms with Crippen LogP contribution in [-0.4, -0.2) is 87.0 Å². The number of aliphatic hydroxyl groups excluding tert-OH is 2. The highest BCUT2D eigenvalue weighted by molar-refractivity contribution is 5.82. The molecule has 4 unspecified atom stereocenters. The summed E-state index contributed by atoms with van der Waals surface area (Å²) in [6.07, 6.45) is -1.06. The van der Waals surface area contributed by atoms with E-state index in [0.29, 0.717) is 30.2 Å². The summed E-state index contributed by atoms with van der Waals surface area (Å²) in [7, 11) is 1.24. The van der Waals surface area contributed by atoms with Crippen molar-refractivity contribution in [3.63, 3.8) is 0 Å². The highest BCUT2D eigenvalue weighted by Gasteiger charge is 2.44. The van der Waals surface area contributed by atoms with Crippen LogP contribution < -0.4 is 10.6 Å². The number of aliphatic hydroxyl groups is 2. The number of fused-ring (bicyclic) bond motifs is 1. The number of imidazole rings is 1. The maximum Gasteiger partial charge on any atom is 0.406 e. The summed E-state index contributed by atoms with van der Waals surface area (Å²) in [6.45, 7) is 1.27. The first-order chi connectivity index (χ1) is 13.6. The third kappa shape index (κ3) is 3.46. The maximum atomic E-state index is 11.2. The van der Waals surface area contributed by atoms with Gasteiger partial charge in [-0.3, -0.25) is 4.57 Å². The van der Waals surface area contributed by atoms with Crippen molar-refractivity contribution in [1.82, 2.24) is 24.8 Å². The Morgan fingerprint density at radius 2 is 2.21 bits per heavy atom. The molecule has 2 aliphatic rings. The predicted molar refractivity (Wildman–Crippen MR) is 94.5 cm³/mol. The van der Waals surface area contributed by atoms with Gasteiger partial charge >= 0.3 is 6.09 Å². The molecule has 0 aliphatic carbocycles. The van der Waals surface area contributed by atoms with Gasteiger partial charge in [-0.25, -0.2) is 19.7 Å². The van der Waals surface area contributed by atoms with E-state index in [1.165, 1.54) is 19.8 Å². The fourth-order valence-electron chi connectivity index (χ4n) is 3.37. The third-order valence-electron chi connectivity index (χ3n) is 4.87. The molecular weight excluding hydrogens is 372 g/mol. The Morgan fingerprint density at radius 3 is 2.96 bits per heavy atom. The van der Waals surface area contributed by atoms with Gasteiger partial charge in [0.1, 0.15) is 24.6 Å². The second-order valence-corrected chi connectivity index (χ2v) is 6.67. The lowest BCUT2D eigenvalue weighted by molar-refractivity contribution is -0.0339. The lowest BCUT2D eigenvalue weighted by Crippen LogP contribution is -2.39. The number of carbonyl (C=O) groups is 1. The van der Waals surface area contributed by atoms with Crippen LogP contribution in [0.5, 0.6) is 0 Å². The highest BCUT2D eigenvalue weighted by Crippen LogP contribution is 2.32. The van der Waals surface area contributed by atoms with Crippen LogP contribution in [0.4, 0.5) is 10.6 Å². The molecule has 0 aromatic carbocycles. The first kappa shape index (κ1) is 18.8. The van der Waals surface area contributed by atoms with Gasteiger partial charge in [-0.2, -0.15) is 0 Å². The smallest absolute Gasteiger partial charge is 0.406 e. The van der Waals surface area contributed by atoms with Crippen LogP contribution in [0.15, 0.2) is 12.7 Å². The Bertz CT molecular complexity index is 840. The first-order valence-electron chi connectivity index (χ1n) is 8.93. The topological polar surface area (TPSA) is 153 Å². The Hall–Kier alpha value is -2.54. The molecule has 28 heavy (non-hydrogen) atoms. The largest absolute Gasteiger partial charge is 0.453 e. The molecule has 0 bridgehead atoms. The fourth-order valence-corrected chi connectivity index (χ4v) is 3.37. The number of nitrogens with zero attached hydrogens (tertiary/aromatic N) is 4. The number of alkyl carbamates (subject to hydrolysis) is 1. The van der Waals surface area contributed by atoms with E-state index in [-0.39, 0.29) is 12.6 Å². The van der Waals surface area contributed by atoms with Gasteiger partial charge in [0, 0.05) is 13.2 Å². The summed E-state index contributed by atoms with van der Waals surface area (Å²) in [4.78, 5) is 24.1. The summed E-state index contributed by atoms with van der Waals surface area (Å²) >= 11 is 0. The summed E-state index contributed by atoms with van der Waals surface area (Å²) in [5, 5.41) is 26.4. The van der Waals surface area contributed by atoms with E-state index in [2.05, 4.69) is 30.3 Å². The first-order valence-corrected chi connectivity index (χ1v) is 8.93. The Morgan fingerprint density at radius 1 is 1.36 bits per heavy atom. The van der Waals surface area contributed by atoms with Crippen molar-refractivity contribution in [2.24, 2.45) is 0 Å². The SMILES string of the molecule is COC(=O)NCC1OC(n2cnc3c(N[C@@H]4CCOC4)ncnc32)C(O)C1O. The van der Waals surface area contributed by atoms with Gasteiger partial charge in [0.15, 0.2) is 23.2 Å². The number of aromatic nitrogens is 4. The second kappa shape index (κ2) is 7.83. The molecule has 5 atom stereocenters. The lowest BCUT2D eigenvalue weighted by Gasteiger charge is -2.17. The van der Waals surface area contributed by atoms with Crippen LogP contribution in [-0.2, 0) is 14.2 Å². The van der Waals surface area contributed by atoms with Crippen LogP contribution in [0.3, 0.4) is 0 Å². The Labute approximate surface area is 159 Å². The molecule has 2 aromatic heterocycles. The van der Waals surface area contributed by atoms with Crippen LogP contribution in [0.2, 0.25) is 0 Å². The summed E-state index contributed by atoms with van der Waals surface area (Å²) in [5.41, 5.74) is 0.977. The molecule has 4 rings (SSSR count). The van der Waals surface area contributed by atoms with Gasteiger partial charge in [-0.1, -0.05) is 0 Å². The molecule has 0 spiro atoms. The Balaban J connectivity index is 1.54. The van der Waals surface area contributed by atoms with Crippen LogP contribution in [0, 0.1) is 0 Å². The molecule has 4 heterocycles. The molecule has 2 saturated heterocycles. The monoisotopic (exact) mass is 394 g/mol. The second-order valence-electron chi connectivity index (χ2n) is 6.67. The number of amides is 1.